The fraction of sp³-hybridized carbons (Fsp3) is 0.133. The topological polar surface area (TPSA) is 35.8 Å². The van der Waals surface area contributed by atoms with E-state index in [1.54, 1.807) is 0 Å². The van der Waals surface area contributed by atoms with Crippen LogP contribution < -0.4 is 5.32 Å². The first-order valence-corrected chi connectivity index (χ1v) is 6.50. The summed E-state index contributed by atoms with van der Waals surface area (Å²) < 4.78 is 1.05. The number of halogens is 1. The molecule has 0 bridgehead atoms. The molecule has 1 atom stereocenters. The van der Waals surface area contributed by atoms with Gasteiger partial charge in [-0.2, -0.15) is 5.26 Å². The van der Waals surface area contributed by atoms with Gasteiger partial charge in [0.2, 0.25) is 0 Å². The van der Waals surface area contributed by atoms with Crippen LogP contribution in [-0.4, -0.2) is 0 Å². The molecule has 3 heteroatoms. The summed E-state index contributed by atoms with van der Waals surface area (Å²) in [7, 11) is 0. The van der Waals surface area contributed by atoms with Crippen molar-refractivity contribution in [3.63, 3.8) is 0 Å². The van der Waals surface area contributed by atoms with Crippen LogP contribution in [0.2, 0.25) is 0 Å². The molecule has 0 saturated heterocycles. The maximum atomic E-state index is 8.89. The molecule has 2 nitrogen and oxygen atoms in total. The van der Waals surface area contributed by atoms with Crippen LogP contribution in [0.1, 0.15) is 24.1 Å². The van der Waals surface area contributed by atoms with Crippen LogP contribution in [0.5, 0.6) is 0 Å². The largest absolute Gasteiger partial charge is 0.378 e. The molecule has 0 aliphatic carbocycles. The Kier molecular flexibility index (Phi) is 4.01. The minimum absolute atomic E-state index is 0.160. The molecule has 90 valence electrons. The first kappa shape index (κ1) is 12.7. The standard InChI is InChI=1S/C15H13BrN2/c1-11(13-5-2-4-12(8-13)10-17)18-15-7-3-6-14(16)9-15/h2-9,11,18H,1H3. The highest BCUT2D eigenvalue weighted by Gasteiger charge is 2.06. The maximum Gasteiger partial charge on any atom is 0.0991 e. The zero-order valence-corrected chi connectivity index (χ0v) is 11.6. The van der Waals surface area contributed by atoms with Crippen molar-refractivity contribution >= 4 is 21.6 Å². The molecule has 18 heavy (non-hydrogen) atoms. The molecule has 0 aliphatic rings. The van der Waals surface area contributed by atoms with Gasteiger partial charge in [0.05, 0.1) is 11.6 Å². The van der Waals surface area contributed by atoms with E-state index >= 15 is 0 Å². The molecule has 0 fully saturated rings. The number of nitrogens with one attached hydrogen (secondary N) is 1. The fourth-order valence-corrected chi connectivity index (χ4v) is 2.19. The summed E-state index contributed by atoms with van der Waals surface area (Å²) in [6.45, 7) is 2.08. The van der Waals surface area contributed by atoms with E-state index in [9.17, 15) is 0 Å². The van der Waals surface area contributed by atoms with Crippen molar-refractivity contribution < 1.29 is 0 Å². The van der Waals surface area contributed by atoms with Crippen LogP contribution in [0.3, 0.4) is 0 Å². The Hall–Kier alpha value is -1.79. The van der Waals surface area contributed by atoms with Gasteiger partial charge in [-0.3, -0.25) is 0 Å². The number of rotatable bonds is 3. The lowest BCUT2D eigenvalue weighted by molar-refractivity contribution is 0.884. The Bertz CT molecular complexity index is 587. The molecule has 0 radical (unpaired) electrons. The Morgan fingerprint density at radius 1 is 1.17 bits per heavy atom. The molecule has 0 spiro atoms. The van der Waals surface area contributed by atoms with E-state index in [1.807, 2.05) is 48.5 Å². The summed E-state index contributed by atoms with van der Waals surface area (Å²) >= 11 is 3.45. The van der Waals surface area contributed by atoms with Crippen LogP contribution in [0.4, 0.5) is 5.69 Å². The SMILES string of the molecule is CC(Nc1cccc(Br)c1)c1cccc(C#N)c1. The van der Waals surface area contributed by atoms with Crippen molar-refractivity contribution in [2.24, 2.45) is 0 Å². The average molecular weight is 301 g/mol. The zero-order chi connectivity index (χ0) is 13.0. The summed E-state index contributed by atoms with van der Waals surface area (Å²) in [5, 5.41) is 12.3. The predicted octanol–water partition coefficient (Wildman–Crippen LogP) is 4.49. The number of anilines is 1. The maximum absolute atomic E-state index is 8.89. The van der Waals surface area contributed by atoms with Crippen LogP contribution >= 0.6 is 15.9 Å². The van der Waals surface area contributed by atoms with Crippen LogP contribution in [-0.2, 0) is 0 Å². The lowest BCUT2D eigenvalue weighted by Gasteiger charge is -2.16. The van der Waals surface area contributed by atoms with Gasteiger partial charge >= 0.3 is 0 Å². The molecular weight excluding hydrogens is 288 g/mol. The normalized spacial score (nSPS) is 11.6. The van der Waals surface area contributed by atoms with Crippen molar-refractivity contribution in [2.75, 3.05) is 5.32 Å². The van der Waals surface area contributed by atoms with E-state index in [0.717, 1.165) is 15.7 Å². The van der Waals surface area contributed by atoms with Gasteiger partial charge in [0.15, 0.2) is 0 Å². The Morgan fingerprint density at radius 2 is 1.94 bits per heavy atom. The van der Waals surface area contributed by atoms with Gasteiger partial charge in [0.25, 0.3) is 0 Å². The summed E-state index contributed by atoms with van der Waals surface area (Å²) in [6, 6.07) is 18.0. The third-order valence-corrected chi connectivity index (χ3v) is 3.22. The average Bonchev–Trinajstić information content (AvgIpc) is 2.39. The van der Waals surface area contributed by atoms with Crippen molar-refractivity contribution in [3.05, 3.63) is 64.1 Å². The van der Waals surface area contributed by atoms with Gasteiger partial charge in [0, 0.05) is 16.2 Å². The van der Waals surface area contributed by atoms with Gasteiger partial charge in [-0.05, 0) is 42.8 Å². The minimum Gasteiger partial charge on any atom is -0.378 e. The molecule has 0 saturated carbocycles. The van der Waals surface area contributed by atoms with E-state index in [0.29, 0.717) is 5.56 Å². The van der Waals surface area contributed by atoms with Crippen molar-refractivity contribution in [1.82, 2.24) is 0 Å². The quantitative estimate of drug-likeness (QED) is 0.906. The van der Waals surface area contributed by atoms with Crippen molar-refractivity contribution in [3.8, 4) is 6.07 Å². The van der Waals surface area contributed by atoms with Crippen molar-refractivity contribution in [1.29, 1.82) is 5.26 Å². The molecule has 2 rings (SSSR count). The molecule has 1 N–H and O–H groups in total. The molecule has 2 aromatic rings. The van der Waals surface area contributed by atoms with Gasteiger partial charge in [-0.1, -0.05) is 34.1 Å². The Morgan fingerprint density at radius 3 is 2.67 bits per heavy atom. The lowest BCUT2D eigenvalue weighted by Crippen LogP contribution is -2.06. The van der Waals surface area contributed by atoms with Gasteiger partial charge in [-0.15, -0.1) is 0 Å². The molecule has 0 heterocycles. The van der Waals surface area contributed by atoms with E-state index in [-0.39, 0.29) is 6.04 Å². The second-order valence-electron chi connectivity index (χ2n) is 4.11. The summed E-state index contributed by atoms with van der Waals surface area (Å²) in [6.07, 6.45) is 0. The number of nitrogens with zero attached hydrogens (tertiary/aromatic N) is 1. The van der Waals surface area contributed by atoms with E-state index < -0.39 is 0 Å². The molecule has 1 unspecified atom stereocenters. The summed E-state index contributed by atoms with van der Waals surface area (Å²) in [4.78, 5) is 0. The Labute approximate surface area is 115 Å². The molecule has 0 amide bonds. The van der Waals surface area contributed by atoms with Crippen LogP contribution in [0.25, 0.3) is 0 Å². The van der Waals surface area contributed by atoms with Gasteiger partial charge in [-0.25, -0.2) is 0 Å². The zero-order valence-electron chi connectivity index (χ0n) is 10.0. The lowest BCUT2D eigenvalue weighted by atomic mass is 10.1. The molecule has 2 aromatic carbocycles. The summed E-state index contributed by atoms with van der Waals surface area (Å²) in [5.41, 5.74) is 2.85. The van der Waals surface area contributed by atoms with E-state index in [1.165, 1.54) is 0 Å². The number of hydrogen-bond acceptors (Lipinski definition) is 2. The first-order chi connectivity index (χ1) is 8.69. The second-order valence-corrected chi connectivity index (χ2v) is 5.03. The first-order valence-electron chi connectivity index (χ1n) is 5.71. The number of nitriles is 1. The van der Waals surface area contributed by atoms with E-state index in [4.69, 9.17) is 5.26 Å². The van der Waals surface area contributed by atoms with Crippen LogP contribution in [0.15, 0.2) is 53.0 Å². The van der Waals surface area contributed by atoms with E-state index in [2.05, 4.69) is 34.2 Å². The summed E-state index contributed by atoms with van der Waals surface area (Å²) in [5.74, 6) is 0. The van der Waals surface area contributed by atoms with Gasteiger partial charge < -0.3 is 5.32 Å². The monoisotopic (exact) mass is 300 g/mol. The fourth-order valence-electron chi connectivity index (χ4n) is 1.79. The molecule has 0 aliphatic heterocycles. The number of hydrogen-bond donors (Lipinski definition) is 1. The van der Waals surface area contributed by atoms with Crippen molar-refractivity contribution in [2.45, 2.75) is 13.0 Å². The second kappa shape index (κ2) is 5.70. The number of benzene rings is 2. The van der Waals surface area contributed by atoms with Gasteiger partial charge in [0.1, 0.15) is 0 Å². The minimum atomic E-state index is 0.160. The molecule has 0 aromatic heterocycles. The van der Waals surface area contributed by atoms with Crippen LogP contribution in [0, 0.1) is 11.3 Å². The Balaban J connectivity index is 2.17. The highest BCUT2D eigenvalue weighted by Crippen LogP contribution is 2.22. The highest BCUT2D eigenvalue weighted by atomic mass is 79.9. The predicted molar refractivity (Wildman–Crippen MR) is 77.3 cm³/mol. The smallest absolute Gasteiger partial charge is 0.0991 e. The third kappa shape index (κ3) is 3.12. The molecular formula is C15H13BrN2. The third-order valence-electron chi connectivity index (χ3n) is 2.72. The highest BCUT2D eigenvalue weighted by molar-refractivity contribution is 9.10.